The van der Waals surface area contributed by atoms with Crippen LogP contribution < -0.4 is 5.73 Å². The molecule has 2 aliphatic rings. The van der Waals surface area contributed by atoms with Crippen LogP contribution in [-0.2, 0) is 11.3 Å². The molecule has 1 aliphatic heterocycles. The summed E-state index contributed by atoms with van der Waals surface area (Å²) in [4.78, 5) is 19.0. The number of nitrogens with two attached hydrogens (primary N) is 1. The molecule has 2 fully saturated rings. The summed E-state index contributed by atoms with van der Waals surface area (Å²) in [7, 11) is 0. The van der Waals surface area contributed by atoms with E-state index in [4.69, 9.17) is 5.73 Å². The largest absolute Gasteiger partial charge is 0.404 e. The van der Waals surface area contributed by atoms with Gasteiger partial charge in [-0.15, -0.1) is 0 Å². The number of carbonyl (C=O) groups is 1. The Balaban J connectivity index is 1.51. The average Bonchev–Trinajstić information content (AvgIpc) is 3.13. The molecule has 0 amide bonds. The molecule has 23 heavy (non-hydrogen) atoms. The molecule has 4 heteroatoms. The molecule has 1 aromatic rings. The van der Waals surface area contributed by atoms with Crippen molar-refractivity contribution in [3.05, 3.63) is 47.7 Å². The Morgan fingerprint density at radius 3 is 2.57 bits per heavy atom. The third-order valence-corrected chi connectivity index (χ3v) is 5.02. The van der Waals surface area contributed by atoms with Gasteiger partial charge in [0.1, 0.15) is 0 Å². The van der Waals surface area contributed by atoms with Crippen molar-refractivity contribution in [3.8, 4) is 0 Å². The molecule has 1 heterocycles. The molecule has 2 N–H and O–H groups in total. The lowest BCUT2D eigenvalue weighted by molar-refractivity contribution is -0.116. The second kappa shape index (κ2) is 7.55. The van der Waals surface area contributed by atoms with Crippen LogP contribution in [0.3, 0.4) is 0 Å². The molecule has 1 aliphatic carbocycles. The fourth-order valence-electron chi connectivity index (χ4n) is 3.80. The molecule has 0 spiro atoms. The minimum atomic E-state index is 0.0734. The highest BCUT2D eigenvalue weighted by Crippen LogP contribution is 2.37. The van der Waals surface area contributed by atoms with Crippen LogP contribution in [0.5, 0.6) is 0 Å². The van der Waals surface area contributed by atoms with Gasteiger partial charge < -0.3 is 5.73 Å². The van der Waals surface area contributed by atoms with Crippen LogP contribution in [0.25, 0.3) is 0 Å². The number of carbonyl (C=O) groups excluding carboxylic acids is 1. The summed E-state index contributed by atoms with van der Waals surface area (Å²) in [6.45, 7) is 3.16. The number of hydrogen-bond donors (Lipinski definition) is 1. The Hall–Kier alpha value is -1.94. The fourth-order valence-corrected chi connectivity index (χ4v) is 3.80. The first-order valence-corrected chi connectivity index (χ1v) is 8.47. The van der Waals surface area contributed by atoms with Crippen molar-refractivity contribution < 1.29 is 4.79 Å². The summed E-state index contributed by atoms with van der Waals surface area (Å²) < 4.78 is 0. The number of hydrogen-bond acceptors (Lipinski definition) is 4. The summed E-state index contributed by atoms with van der Waals surface area (Å²) in [5.74, 6) is 1.68. The topological polar surface area (TPSA) is 58.7 Å². The lowest BCUT2D eigenvalue weighted by Gasteiger charge is -2.15. The molecule has 0 radical (unpaired) electrons. The van der Waals surface area contributed by atoms with Gasteiger partial charge in [0.15, 0.2) is 5.78 Å². The minimum Gasteiger partial charge on any atom is -0.404 e. The number of ketones is 1. The monoisotopic (exact) mass is 311 g/mol. The first kappa shape index (κ1) is 15.9. The predicted molar refractivity (Wildman–Crippen MR) is 93.2 cm³/mol. The Bertz CT molecular complexity index is 582. The number of nitrogens with zero attached hydrogens (tertiary/aromatic N) is 2. The zero-order valence-corrected chi connectivity index (χ0v) is 13.5. The molecule has 4 nitrogen and oxygen atoms in total. The maximum absolute atomic E-state index is 12.4. The van der Waals surface area contributed by atoms with Crippen LogP contribution in [0.15, 0.2) is 47.1 Å². The lowest BCUT2D eigenvalue weighted by Crippen LogP contribution is -2.30. The predicted octanol–water partition coefficient (Wildman–Crippen LogP) is 2.40. The highest BCUT2D eigenvalue weighted by Gasteiger charge is 2.36. The normalized spacial score (nSPS) is 25.1. The van der Waals surface area contributed by atoms with Gasteiger partial charge in [-0.25, -0.2) is 0 Å². The van der Waals surface area contributed by atoms with Gasteiger partial charge in [0.05, 0.1) is 18.7 Å². The van der Waals surface area contributed by atoms with Crippen LogP contribution in [0.4, 0.5) is 0 Å². The Morgan fingerprint density at radius 2 is 1.91 bits per heavy atom. The quantitative estimate of drug-likeness (QED) is 0.648. The molecule has 1 saturated heterocycles. The van der Waals surface area contributed by atoms with E-state index in [9.17, 15) is 4.79 Å². The number of aliphatic imine (C=N–C) groups is 1. The molecular weight excluding hydrogens is 286 g/mol. The van der Waals surface area contributed by atoms with Gasteiger partial charge in [0.25, 0.3) is 0 Å². The number of Topliss-reactive ketones (excluding diaryl/α,β-unsaturated/α-hetero) is 1. The van der Waals surface area contributed by atoms with Crippen molar-refractivity contribution in [1.82, 2.24) is 4.90 Å². The number of benzene rings is 1. The lowest BCUT2D eigenvalue weighted by atomic mass is 10.0. The number of likely N-dealkylation sites (tertiary alicyclic amines) is 1. The van der Waals surface area contributed by atoms with Gasteiger partial charge in [-0.05, 0) is 30.2 Å². The maximum atomic E-state index is 12.4. The van der Waals surface area contributed by atoms with Gasteiger partial charge in [-0.3, -0.25) is 14.7 Å². The first-order valence-electron chi connectivity index (χ1n) is 8.47. The van der Waals surface area contributed by atoms with Crippen LogP contribution in [0.1, 0.15) is 24.8 Å². The zero-order chi connectivity index (χ0) is 16.1. The van der Waals surface area contributed by atoms with Crippen molar-refractivity contribution in [1.29, 1.82) is 0 Å². The molecule has 1 saturated carbocycles. The van der Waals surface area contributed by atoms with Gasteiger partial charge >= 0.3 is 0 Å². The van der Waals surface area contributed by atoms with E-state index in [0.717, 1.165) is 30.5 Å². The molecule has 3 rings (SSSR count). The molecule has 1 aromatic carbocycles. The Kier molecular flexibility index (Phi) is 5.23. The van der Waals surface area contributed by atoms with Crippen molar-refractivity contribution in [3.63, 3.8) is 0 Å². The van der Waals surface area contributed by atoms with Gasteiger partial charge in [-0.1, -0.05) is 36.8 Å². The van der Waals surface area contributed by atoms with E-state index in [0.29, 0.717) is 18.7 Å². The third-order valence-electron chi connectivity index (χ3n) is 5.02. The van der Waals surface area contributed by atoms with E-state index in [1.54, 1.807) is 6.21 Å². The minimum absolute atomic E-state index is 0.0734. The Morgan fingerprint density at radius 1 is 1.22 bits per heavy atom. The van der Waals surface area contributed by atoms with Gasteiger partial charge in [-0.2, -0.15) is 0 Å². The van der Waals surface area contributed by atoms with Crippen LogP contribution in [0, 0.1) is 11.8 Å². The smallest absolute Gasteiger partial charge is 0.179 e. The SMILES string of the molecule is NC=C(C=NCc1ccccc1)C(=O)CN1C[C@H]2CCC[C@H]2C1. The van der Waals surface area contributed by atoms with Crippen molar-refractivity contribution >= 4 is 12.0 Å². The van der Waals surface area contributed by atoms with Crippen molar-refractivity contribution in [2.45, 2.75) is 25.8 Å². The fraction of sp³-hybridized carbons (Fsp3) is 0.474. The van der Waals surface area contributed by atoms with Gasteiger partial charge in [0.2, 0.25) is 0 Å². The van der Waals surface area contributed by atoms with E-state index >= 15 is 0 Å². The van der Waals surface area contributed by atoms with Crippen molar-refractivity contribution in [2.75, 3.05) is 19.6 Å². The summed E-state index contributed by atoms with van der Waals surface area (Å²) in [6, 6.07) is 10.00. The van der Waals surface area contributed by atoms with Crippen LogP contribution in [-0.4, -0.2) is 36.5 Å². The van der Waals surface area contributed by atoms with Gasteiger partial charge in [0, 0.05) is 25.5 Å². The van der Waals surface area contributed by atoms with E-state index in [2.05, 4.69) is 9.89 Å². The van der Waals surface area contributed by atoms with Crippen LogP contribution >= 0.6 is 0 Å². The first-order chi connectivity index (χ1) is 11.3. The molecule has 0 aromatic heterocycles. The molecule has 2 atom stereocenters. The van der Waals surface area contributed by atoms with Crippen LogP contribution in [0.2, 0.25) is 0 Å². The molecule has 0 bridgehead atoms. The standard InChI is InChI=1S/C19H25N3O/c20-9-18(11-21-10-15-5-2-1-3-6-15)19(23)14-22-12-16-7-4-8-17(16)13-22/h1-3,5-6,9,11,16-17H,4,7-8,10,12-14,20H2/t16-,17+. The highest BCUT2D eigenvalue weighted by molar-refractivity contribution is 6.14. The second-order valence-electron chi connectivity index (χ2n) is 6.65. The summed E-state index contributed by atoms with van der Waals surface area (Å²) >= 11 is 0. The van der Waals surface area contributed by atoms with E-state index in [-0.39, 0.29) is 5.78 Å². The average molecular weight is 311 g/mol. The second-order valence-corrected chi connectivity index (χ2v) is 6.65. The van der Waals surface area contributed by atoms with Crippen molar-refractivity contribution in [2.24, 2.45) is 22.6 Å². The summed E-state index contributed by atoms with van der Waals surface area (Å²) in [6.07, 6.45) is 7.01. The number of fused-ring (bicyclic) bond motifs is 1. The zero-order valence-electron chi connectivity index (χ0n) is 13.5. The van der Waals surface area contributed by atoms with E-state index in [1.165, 1.54) is 25.5 Å². The van der Waals surface area contributed by atoms with E-state index in [1.807, 2.05) is 30.3 Å². The van der Waals surface area contributed by atoms with E-state index < -0.39 is 0 Å². The Labute approximate surface area is 138 Å². The molecule has 122 valence electrons. The molecular formula is C19H25N3O. The highest BCUT2D eigenvalue weighted by atomic mass is 16.1. The maximum Gasteiger partial charge on any atom is 0.179 e. The summed E-state index contributed by atoms with van der Waals surface area (Å²) in [5, 5.41) is 0. The summed E-state index contributed by atoms with van der Waals surface area (Å²) in [5.41, 5.74) is 7.26. The third kappa shape index (κ3) is 4.08. The number of rotatable bonds is 6. The molecule has 0 unspecified atom stereocenters.